The number of aromatic nitrogens is 4. The molecule has 0 unspecified atom stereocenters. The van der Waals surface area contributed by atoms with Crippen LogP contribution in [0, 0.1) is 0 Å². The van der Waals surface area contributed by atoms with E-state index in [1.54, 1.807) is 24.4 Å². The van der Waals surface area contributed by atoms with Crippen molar-refractivity contribution in [1.29, 1.82) is 0 Å². The van der Waals surface area contributed by atoms with Crippen LogP contribution in [0.5, 0.6) is 0 Å². The monoisotopic (exact) mass is 376 g/mol. The highest BCUT2D eigenvalue weighted by Gasteiger charge is 2.17. The van der Waals surface area contributed by atoms with Gasteiger partial charge < -0.3 is 20.1 Å². The molecule has 3 aromatic heterocycles. The number of nitrogens with one attached hydrogen (secondary N) is 3. The molecule has 0 saturated carbocycles. The highest BCUT2D eigenvalue weighted by molar-refractivity contribution is 5.94. The van der Waals surface area contributed by atoms with E-state index in [2.05, 4.69) is 30.7 Å². The predicted molar refractivity (Wildman–Crippen MR) is 100 cm³/mol. The number of aromatic amines is 1. The van der Waals surface area contributed by atoms with Crippen molar-refractivity contribution in [2.24, 2.45) is 0 Å². The number of H-pyrrole nitrogens is 1. The Hall–Kier alpha value is -4.01. The molecule has 0 atom stereocenters. The van der Waals surface area contributed by atoms with Gasteiger partial charge in [-0.15, -0.1) is 0 Å². The van der Waals surface area contributed by atoms with E-state index in [1.165, 1.54) is 0 Å². The first kappa shape index (κ1) is 17.4. The summed E-state index contributed by atoms with van der Waals surface area (Å²) in [5.41, 5.74) is 2.27. The summed E-state index contributed by atoms with van der Waals surface area (Å²) in [7, 11) is 0. The van der Waals surface area contributed by atoms with Gasteiger partial charge in [-0.25, -0.2) is 0 Å². The van der Waals surface area contributed by atoms with Gasteiger partial charge in [0.25, 0.3) is 0 Å². The van der Waals surface area contributed by atoms with Gasteiger partial charge in [0.1, 0.15) is 0 Å². The summed E-state index contributed by atoms with van der Waals surface area (Å²) < 4.78 is 4.93. The lowest BCUT2D eigenvalue weighted by Gasteiger charge is -2.03. The minimum atomic E-state index is -0.526. The molecule has 0 radical (unpaired) electrons. The molecule has 4 rings (SSSR count). The zero-order valence-electron chi connectivity index (χ0n) is 14.7. The van der Waals surface area contributed by atoms with Crippen LogP contribution in [0.1, 0.15) is 22.2 Å². The number of carbonyl (C=O) groups excluding carboxylic acids is 2. The number of benzene rings is 1. The van der Waals surface area contributed by atoms with Crippen LogP contribution in [-0.2, 0) is 17.8 Å². The molecule has 0 aliphatic heterocycles. The summed E-state index contributed by atoms with van der Waals surface area (Å²) in [5.74, 6) is -0.915. The summed E-state index contributed by atoms with van der Waals surface area (Å²) in [4.78, 5) is 35.4. The second kappa shape index (κ2) is 7.70. The van der Waals surface area contributed by atoms with Gasteiger partial charge in [0.15, 0.2) is 5.82 Å². The van der Waals surface area contributed by atoms with Gasteiger partial charge in [0, 0.05) is 23.6 Å². The number of anilines is 1. The van der Waals surface area contributed by atoms with Gasteiger partial charge in [-0.05, 0) is 35.7 Å². The zero-order chi connectivity index (χ0) is 19.3. The van der Waals surface area contributed by atoms with Gasteiger partial charge in [0.2, 0.25) is 5.91 Å². The third-order valence-corrected chi connectivity index (χ3v) is 3.98. The molecule has 0 fully saturated rings. The SMILES string of the molecule is O=C(Cc1noc(C(=O)NCc2ccccn2)n1)Nc1ccc2cc[nH]c2c1. The Morgan fingerprint density at radius 1 is 1.14 bits per heavy atom. The Morgan fingerprint density at radius 3 is 2.93 bits per heavy atom. The smallest absolute Gasteiger partial charge is 0.315 e. The Labute approximate surface area is 159 Å². The molecule has 9 nitrogen and oxygen atoms in total. The normalized spacial score (nSPS) is 10.7. The number of pyridine rings is 1. The topological polar surface area (TPSA) is 126 Å². The molecular weight excluding hydrogens is 360 g/mol. The number of rotatable bonds is 6. The molecule has 28 heavy (non-hydrogen) atoms. The number of amides is 2. The number of fused-ring (bicyclic) bond motifs is 1. The van der Waals surface area contributed by atoms with E-state index >= 15 is 0 Å². The Bertz CT molecular complexity index is 1120. The lowest BCUT2D eigenvalue weighted by atomic mass is 10.2. The molecule has 0 bridgehead atoms. The molecule has 3 heterocycles. The molecule has 140 valence electrons. The molecule has 0 saturated heterocycles. The first-order valence-electron chi connectivity index (χ1n) is 8.55. The molecule has 1 aromatic carbocycles. The standard InChI is InChI=1S/C19H16N6O3/c26-17(23-13-5-4-12-6-8-21-15(12)9-13)10-16-24-19(28-25-16)18(27)22-11-14-3-1-2-7-20-14/h1-9,21H,10-11H2,(H,22,27)(H,23,26). The minimum Gasteiger partial charge on any atom is -0.361 e. The van der Waals surface area contributed by atoms with Crippen molar-refractivity contribution in [1.82, 2.24) is 25.4 Å². The van der Waals surface area contributed by atoms with E-state index in [0.717, 1.165) is 10.9 Å². The highest BCUT2D eigenvalue weighted by Crippen LogP contribution is 2.17. The molecule has 2 amide bonds. The first-order valence-corrected chi connectivity index (χ1v) is 8.55. The summed E-state index contributed by atoms with van der Waals surface area (Å²) in [5, 5.41) is 10.1. The van der Waals surface area contributed by atoms with Crippen LogP contribution in [0.15, 0.2) is 59.4 Å². The van der Waals surface area contributed by atoms with Gasteiger partial charge in [-0.1, -0.05) is 17.3 Å². The molecule has 0 aliphatic rings. The van der Waals surface area contributed by atoms with Crippen LogP contribution in [0.2, 0.25) is 0 Å². The van der Waals surface area contributed by atoms with Gasteiger partial charge >= 0.3 is 11.8 Å². The third kappa shape index (κ3) is 4.04. The van der Waals surface area contributed by atoms with Crippen molar-refractivity contribution < 1.29 is 14.1 Å². The molecular formula is C19H16N6O3. The fourth-order valence-corrected chi connectivity index (χ4v) is 2.64. The van der Waals surface area contributed by atoms with E-state index in [9.17, 15) is 9.59 Å². The third-order valence-electron chi connectivity index (χ3n) is 3.98. The second-order valence-corrected chi connectivity index (χ2v) is 6.02. The van der Waals surface area contributed by atoms with Gasteiger partial charge in [-0.3, -0.25) is 14.6 Å². The average molecular weight is 376 g/mol. The van der Waals surface area contributed by atoms with Crippen molar-refractivity contribution in [3.05, 3.63) is 72.3 Å². The van der Waals surface area contributed by atoms with Crippen molar-refractivity contribution in [2.75, 3.05) is 5.32 Å². The maximum absolute atomic E-state index is 12.2. The summed E-state index contributed by atoms with van der Waals surface area (Å²) >= 11 is 0. The fraction of sp³-hybridized carbons (Fsp3) is 0.105. The van der Waals surface area contributed by atoms with Crippen LogP contribution >= 0.6 is 0 Å². The van der Waals surface area contributed by atoms with Crippen molar-refractivity contribution >= 4 is 28.4 Å². The van der Waals surface area contributed by atoms with Crippen molar-refractivity contribution in [2.45, 2.75) is 13.0 Å². The molecule has 0 spiro atoms. The molecule has 3 N–H and O–H groups in total. The van der Waals surface area contributed by atoms with Crippen molar-refractivity contribution in [3.8, 4) is 0 Å². The maximum Gasteiger partial charge on any atom is 0.315 e. The average Bonchev–Trinajstić information content (AvgIpc) is 3.36. The van der Waals surface area contributed by atoms with E-state index in [0.29, 0.717) is 11.4 Å². The molecule has 0 aliphatic carbocycles. The molecule has 9 heteroatoms. The van der Waals surface area contributed by atoms with E-state index in [4.69, 9.17) is 4.52 Å². The van der Waals surface area contributed by atoms with E-state index in [-0.39, 0.29) is 30.6 Å². The van der Waals surface area contributed by atoms with Crippen LogP contribution in [-0.4, -0.2) is 31.9 Å². The highest BCUT2D eigenvalue weighted by atomic mass is 16.5. The number of hydrogen-bond acceptors (Lipinski definition) is 6. The summed E-state index contributed by atoms with van der Waals surface area (Å²) in [6, 6.07) is 12.9. The van der Waals surface area contributed by atoms with E-state index < -0.39 is 5.91 Å². The lowest BCUT2D eigenvalue weighted by Crippen LogP contribution is -2.23. The number of hydrogen-bond donors (Lipinski definition) is 3. The van der Waals surface area contributed by atoms with Gasteiger partial charge in [0.05, 0.1) is 18.7 Å². The van der Waals surface area contributed by atoms with E-state index in [1.807, 2.05) is 30.5 Å². The Kier molecular flexibility index (Phi) is 4.79. The Morgan fingerprint density at radius 2 is 2.07 bits per heavy atom. The largest absolute Gasteiger partial charge is 0.361 e. The van der Waals surface area contributed by atoms with Gasteiger partial charge in [-0.2, -0.15) is 4.98 Å². The maximum atomic E-state index is 12.2. The summed E-state index contributed by atoms with van der Waals surface area (Å²) in [6.07, 6.45) is 3.36. The fourth-order valence-electron chi connectivity index (χ4n) is 2.64. The predicted octanol–water partition coefficient (Wildman–Crippen LogP) is 2.06. The van der Waals surface area contributed by atoms with Crippen molar-refractivity contribution in [3.63, 3.8) is 0 Å². The number of nitrogens with zero attached hydrogens (tertiary/aromatic N) is 3. The summed E-state index contributed by atoms with van der Waals surface area (Å²) in [6.45, 7) is 0.235. The second-order valence-electron chi connectivity index (χ2n) is 6.02. The first-order chi connectivity index (χ1) is 13.7. The Balaban J connectivity index is 1.33. The van der Waals surface area contributed by atoms with Crippen LogP contribution in [0.25, 0.3) is 10.9 Å². The van der Waals surface area contributed by atoms with Crippen LogP contribution < -0.4 is 10.6 Å². The number of carbonyl (C=O) groups is 2. The van der Waals surface area contributed by atoms with Crippen LogP contribution in [0.3, 0.4) is 0 Å². The quantitative estimate of drug-likeness (QED) is 0.473. The zero-order valence-corrected chi connectivity index (χ0v) is 14.7. The lowest BCUT2D eigenvalue weighted by molar-refractivity contribution is -0.115. The molecule has 4 aromatic rings. The minimum absolute atomic E-state index is 0.111. The van der Waals surface area contributed by atoms with Crippen LogP contribution in [0.4, 0.5) is 5.69 Å².